The first-order valence-electron chi connectivity index (χ1n) is 5.41. The molecule has 1 aromatic carbocycles. The van der Waals surface area contributed by atoms with Crippen LogP contribution >= 0.6 is 12.2 Å². The lowest BCUT2D eigenvalue weighted by atomic mass is 9.86. The zero-order valence-corrected chi connectivity index (χ0v) is 11.1. The molecule has 0 heterocycles. The molecular formula is C13H19NOS. The number of nitrogens with two attached hydrogens (primary N) is 1. The van der Waals surface area contributed by atoms with Crippen molar-refractivity contribution in [1.82, 2.24) is 0 Å². The maximum absolute atomic E-state index is 5.71. The van der Waals surface area contributed by atoms with Gasteiger partial charge in [-0.15, -0.1) is 0 Å². The van der Waals surface area contributed by atoms with Crippen molar-refractivity contribution < 1.29 is 4.74 Å². The van der Waals surface area contributed by atoms with E-state index in [4.69, 9.17) is 22.7 Å². The van der Waals surface area contributed by atoms with E-state index in [0.29, 0.717) is 4.99 Å². The summed E-state index contributed by atoms with van der Waals surface area (Å²) in [5.41, 5.74) is 8.12. The Hall–Kier alpha value is -1.09. The Kier molecular flexibility index (Phi) is 4.30. The lowest BCUT2D eigenvalue weighted by Gasteiger charge is -2.23. The Bertz CT molecular complexity index is 390. The van der Waals surface area contributed by atoms with Crippen LogP contribution in [-0.2, 0) is 0 Å². The highest BCUT2D eigenvalue weighted by molar-refractivity contribution is 7.80. The zero-order valence-electron chi connectivity index (χ0n) is 10.3. The maximum Gasteiger partial charge on any atom is 0.122 e. The average molecular weight is 237 g/mol. The molecule has 0 aliphatic rings. The van der Waals surface area contributed by atoms with Gasteiger partial charge in [0.2, 0.25) is 0 Å². The third-order valence-electron chi connectivity index (χ3n) is 3.16. The lowest BCUT2D eigenvalue weighted by Crippen LogP contribution is -2.23. The Morgan fingerprint density at radius 3 is 2.50 bits per heavy atom. The van der Waals surface area contributed by atoms with Crippen molar-refractivity contribution >= 4 is 17.2 Å². The molecule has 0 amide bonds. The summed E-state index contributed by atoms with van der Waals surface area (Å²) in [7, 11) is 1.69. The van der Waals surface area contributed by atoms with Gasteiger partial charge in [0.15, 0.2) is 0 Å². The fraction of sp³-hybridized carbons (Fsp3) is 0.462. The number of hydrogen-bond acceptors (Lipinski definition) is 2. The summed E-state index contributed by atoms with van der Waals surface area (Å²) < 4.78 is 5.39. The van der Waals surface area contributed by atoms with E-state index in [-0.39, 0.29) is 11.8 Å². The highest BCUT2D eigenvalue weighted by Crippen LogP contribution is 2.34. The highest BCUT2D eigenvalue weighted by atomic mass is 32.1. The largest absolute Gasteiger partial charge is 0.496 e. The fourth-order valence-corrected chi connectivity index (χ4v) is 2.12. The molecule has 0 radical (unpaired) electrons. The summed E-state index contributed by atoms with van der Waals surface area (Å²) in [6.07, 6.45) is 0. The molecule has 0 saturated carbocycles. The molecule has 16 heavy (non-hydrogen) atoms. The number of thiocarbonyl (C=S) groups is 1. The van der Waals surface area contributed by atoms with Gasteiger partial charge in [-0.2, -0.15) is 0 Å². The van der Waals surface area contributed by atoms with Crippen LogP contribution in [0.1, 0.15) is 30.9 Å². The van der Waals surface area contributed by atoms with Crippen LogP contribution in [0.5, 0.6) is 5.75 Å². The molecule has 1 aromatic rings. The van der Waals surface area contributed by atoms with Gasteiger partial charge in [-0.25, -0.2) is 0 Å². The van der Waals surface area contributed by atoms with E-state index in [1.54, 1.807) is 7.11 Å². The number of methoxy groups -OCH3 is 1. The molecule has 1 rings (SSSR count). The van der Waals surface area contributed by atoms with E-state index in [9.17, 15) is 0 Å². The first kappa shape index (κ1) is 13.0. The average Bonchev–Trinajstić information content (AvgIpc) is 2.26. The monoisotopic (exact) mass is 237 g/mol. The summed E-state index contributed by atoms with van der Waals surface area (Å²) in [4.78, 5) is 0.554. The fourth-order valence-electron chi connectivity index (χ4n) is 1.91. The lowest BCUT2D eigenvalue weighted by molar-refractivity contribution is 0.402. The quantitative estimate of drug-likeness (QED) is 0.818. The number of hydrogen-bond donors (Lipinski definition) is 1. The Morgan fingerprint density at radius 1 is 1.38 bits per heavy atom. The number of aryl methyl sites for hydroxylation is 1. The summed E-state index contributed by atoms with van der Waals surface area (Å²) in [6, 6.07) is 6.06. The van der Waals surface area contributed by atoms with Gasteiger partial charge in [0.05, 0.1) is 12.1 Å². The van der Waals surface area contributed by atoms with Gasteiger partial charge in [0.25, 0.3) is 0 Å². The molecule has 0 bridgehead atoms. The molecular weight excluding hydrogens is 218 g/mol. The van der Waals surface area contributed by atoms with Crippen molar-refractivity contribution in [2.75, 3.05) is 7.11 Å². The van der Waals surface area contributed by atoms with Crippen LogP contribution in [0.4, 0.5) is 0 Å². The van der Waals surface area contributed by atoms with Crippen molar-refractivity contribution in [2.45, 2.75) is 26.7 Å². The van der Waals surface area contributed by atoms with Crippen molar-refractivity contribution in [1.29, 1.82) is 0 Å². The second-order valence-electron chi connectivity index (χ2n) is 4.17. The van der Waals surface area contributed by atoms with Gasteiger partial charge in [-0.05, 0) is 24.5 Å². The van der Waals surface area contributed by atoms with E-state index >= 15 is 0 Å². The van der Waals surface area contributed by atoms with E-state index in [1.807, 2.05) is 12.1 Å². The maximum atomic E-state index is 5.71. The molecule has 0 saturated heterocycles. The van der Waals surface area contributed by atoms with E-state index < -0.39 is 0 Å². The van der Waals surface area contributed by atoms with Crippen LogP contribution in [0.25, 0.3) is 0 Å². The van der Waals surface area contributed by atoms with Crippen molar-refractivity contribution in [3.05, 3.63) is 29.3 Å². The smallest absolute Gasteiger partial charge is 0.122 e. The van der Waals surface area contributed by atoms with Gasteiger partial charge in [0, 0.05) is 11.5 Å². The van der Waals surface area contributed by atoms with Gasteiger partial charge in [0.1, 0.15) is 5.75 Å². The Balaban J connectivity index is 3.16. The SMILES string of the molecule is COc1cccc(C)c1C(C)C(C)C(N)=S. The van der Waals surface area contributed by atoms with Crippen molar-refractivity contribution in [2.24, 2.45) is 11.7 Å². The van der Waals surface area contributed by atoms with Crippen molar-refractivity contribution in [3.63, 3.8) is 0 Å². The summed E-state index contributed by atoms with van der Waals surface area (Å²) in [5, 5.41) is 0. The molecule has 2 nitrogen and oxygen atoms in total. The summed E-state index contributed by atoms with van der Waals surface area (Å²) in [5.74, 6) is 1.36. The number of ether oxygens (including phenoxy) is 1. The molecule has 2 N–H and O–H groups in total. The van der Waals surface area contributed by atoms with Crippen molar-refractivity contribution in [3.8, 4) is 5.75 Å². The molecule has 0 spiro atoms. The summed E-state index contributed by atoms with van der Waals surface area (Å²) >= 11 is 5.05. The third-order valence-corrected chi connectivity index (χ3v) is 3.53. The number of rotatable bonds is 4. The predicted molar refractivity (Wildman–Crippen MR) is 72.1 cm³/mol. The van der Waals surface area contributed by atoms with E-state index in [2.05, 4.69) is 26.8 Å². The first-order valence-corrected chi connectivity index (χ1v) is 5.82. The molecule has 0 fully saturated rings. The van der Waals surface area contributed by atoms with Crippen LogP contribution in [0, 0.1) is 12.8 Å². The molecule has 0 aromatic heterocycles. The predicted octanol–water partition coefficient (Wildman–Crippen LogP) is 3.03. The van der Waals surface area contributed by atoms with Crippen LogP contribution in [0.3, 0.4) is 0 Å². The Morgan fingerprint density at radius 2 is 2.00 bits per heavy atom. The van der Waals surface area contributed by atoms with Gasteiger partial charge in [-0.3, -0.25) is 0 Å². The molecule has 2 atom stereocenters. The third kappa shape index (κ3) is 2.53. The topological polar surface area (TPSA) is 35.2 Å². The minimum absolute atomic E-state index is 0.171. The van der Waals surface area contributed by atoms with E-state index in [0.717, 1.165) is 5.75 Å². The minimum atomic E-state index is 0.171. The second-order valence-corrected chi connectivity index (χ2v) is 4.64. The standard InChI is InChI=1S/C13H19NOS/c1-8-6-5-7-11(15-4)12(8)9(2)10(3)13(14)16/h5-7,9-10H,1-4H3,(H2,14,16). The second kappa shape index (κ2) is 5.30. The van der Waals surface area contributed by atoms with E-state index in [1.165, 1.54) is 11.1 Å². The van der Waals surface area contributed by atoms with Gasteiger partial charge < -0.3 is 10.5 Å². The van der Waals surface area contributed by atoms with Gasteiger partial charge >= 0.3 is 0 Å². The normalized spacial score (nSPS) is 14.2. The molecule has 88 valence electrons. The van der Waals surface area contributed by atoms with Gasteiger partial charge in [-0.1, -0.05) is 38.2 Å². The van der Waals surface area contributed by atoms with Crippen LogP contribution in [0.2, 0.25) is 0 Å². The summed E-state index contributed by atoms with van der Waals surface area (Å²) in [6.45, 7) is 6.27. The molecule has 0 aliphatic carbocycles. The van der Waals surface area contributed by atoms with Crippen LogP contribution < -0.4 is 10.5 Å². The minimum Gasteiger partial charge on any atom is -0.496 e. The molecule has 0 aliphatic heterocycles. The zero-order chi connectivity index (χ0) is 12.3. The highest BCUT2D eigenvalue weighted by Gasteiger charge is 2.21. The number of benzene rings is 1. The van der Waals surface area contributed by atoms with Crippen LogP contribution in [0.15, 0.2) is 18.2 Å². The first-order chi connectivity index (χ1) is 7.49. The molecule has 2 unspecified atom stereocenters. The van der Waals surface area contributed by atoms with Crippen LogP contribution in [-0.4, -0.2) is 12.1 Å². The Labute approximate surface area is 103 Å². The molecule has 3 heteroatoms.